The third-order valence-corrected chi connectivity index (χ3v) is 9.48. The number of rotatable bonds is 7. The Kier molecular flexibility index (Phi) is 6.88. The number of carbonyl (C=O) groups excluding carboxylic acids is 2. The highest BCUT2D eigenvalue weighted by Gasteiger charge is 2.52. The lowest BCUT2D eigenvalue weighted by Crippen LogP contribution is -2.65. The van der Waals surface area contributed by atoms with Crippen LogP contribution >= 0.6 is 0 Å². The summed E-state index contributed by atoms with van der Waals surface area (Å²) in [5.74, 6) is -0.151. The molecule has 7 nitrogen and oxygen atoms in total. The summed E-state index contributed by atoms with van der Waals surface area (Å²) in [6, 6.07) is 16.2. The van der Waals surface area contributed by atoms with Gasteiger partial charge in [-0.15, -0.1) is 0 Å². The summed E-state index contributed by atoms with van der Waals surface area (Å²) in [6.45, 7) is 11.0. The molecule has 2 N–H and O–H groups in total. The van der Waals surface area contributed by atoms with Gasteiger partial charge < -0.3 is 10.6 Å². The van der Waals surface area contributed by atoms with Gasteiger partial charge in [0, 0.05) is 28.7 Å². The highest BCUT2D eigenvalue weighted by atomic mass is 32.2. The molecule has 0 bridgehead atoms. The van der Waals surface area contributed by atoms with Crippen LogP contribution in [0.3, 0.4) is 0 Å². The summed E-state index contributed by atoms with van der Waals surface area (Å²) in [7, 11) is -3.84. The van der Waals surface area contributed by atoms with E-state index in [1.54, 1.807) is 28.6 Å². The van der Waals surface area contributed by atoms with Gasteiger partial charge in [-0.25, -0.2) is 8.42 Å². The summed E-state index contributed by atoms with van der Waals surface area (Å²) >= 11 is 0. The number of hydrogen-bond acceptors (Lipinski definition) is 4. The van der Waals surface area contributed by atoms with Gasteiger partial charge in [0.15, 0.2) is 0 Å². The van der Waals surface area contributed by atoms with Crippen LogP contribution in [0.1, 0.15) is 58.4 Å². The minimum Gasteiger partial charge on any atom is -0.350 e. The molecule has 1 saturated heterocycles. The predicted octanol–water partition coefficient (Wildman–Crippen LogP) is 4.44. The molecular weight excluding hydrogens is 474 g/mol. The summed E-state index contributed by atoms with van der Waals surface area (Å²) < 4.78 is 29.1. The molecule has 1 aliphatic carbocycles. The van der Waals surface area contributed by atoms with E-state index < -0.39 is 21.1 Å². The molecule has 0 aromatic heterocycles. The lowest BCUT2D eigenvalue weighted by atomic mass is 9.79. The molecule has 8 heteroatoms. The van der Waals surface area contributed by atoms with E-state index in [-0.39, 0.29) is 34.6 Å². The standard InChI is InChI=1S/C28H35N3O4S/c1-6-25(32)29-21-17-27(2,3)31(28(4,5)18-21)36(34,35)22-14-12-20(13-15-22)30-26(33)24-16-23(24)19-10-8-7-9-11-19/h6-15,21,23-24H,1,16-18H2,2-5H3,(H,29,32)(H,30,33). The Labute approximate surface area is 214 Å². The summed E-state index contributed by atoms with van der Waals surface area (Å²) in [6.07, 6.45) is 3.00. The quantitative estimate of drug-likeness (QED) is 0.540. The Hall–Kier alpha value is -2.97. The Morgan fingerprint density at radius 2 is 1.56 bits per heavy atom. The van der Waals surface area contributed by atoms with E-state index in [2.05, 4.69) is 17.2 Å². The molecule has 0 spiro atoms. The Bertz CT molecular complexity index is 1240. The number of anilines is 1. The maximum atomic E-state index is 13.8. The topological polar surface area (TPSA) is 95.6 Å². The first-order valence-corrected chi connectivity index (χ1v) is 13.7. The maximum Gasteiger partial charge on any atom is 0.244 e. The van der Waals surface area contributed by atoms with Crippen molar-refractivity contribution in [3.63, 3.8) is 0 Å². The van der Waals surface area contributed by atoms with E-state index >= 15 is 0 Å². The fourth-order valence-corrected chi connectivity index (χ4v) is 8.02. The fourth-order valence-electron chi connectivity index (χ4n) is 5.88. The monoisotopic (exact) mass is 509 g/mol. The van der Waals surface area contributed by atoms with Gasteiger partial charge in [-0.2, -0.15) is 4.31 Å². The third kappa shape index (κ3) is 5.25. The van der Waals surface area contributed by atoms with Gasteiger partial charge in [-0.3, -0.25) is 9.59 Å². The second kappa shape index (κ2) is 9.48. The number of nitrogens with one attached hydrogen (secondary N) is 2. The number of carbonyl (C=O) groups is 2. The lowest BCUT2D eigenvalue weighted by molar-refractivity contribution is -0.118. The van der Waals surface area contributed by atoms with Crippen molar-refractivity contribution in [2.45, 2.75) is 74.9 Å². The Morgan fingerprint density at radius 1 is 0.972 bits per heavy atom. The van der Waals surface area contributed by atoms with Gasteiger partial charge in [0.2, 0.25) is 21.8 Å². The van der Waals surface area contributed by atoms with Crippen LogP contribution in [0, 0.1) is 5.92 Å². The SMILES string of the molecule is C=CC(=O)NC1CC(C)(C)N(S(=O)(=O)c2ccc(NC(=O)C3CC3c3ccccc3)cc2)C(C)(C)C1. The van der Waals surface area contributed by atoms with E-state index in [1.165, 1.54) is 6.08 Å². The summed E-state index contributed by atoms with van der Waals surface area (Å²) in [5.41, 5.74) is 0.273. The van der Waals surface area contributed by atoms with Crippen molar-refractivity contribution in [1.82, 2.24) is 9.62 Å². The summed E-state index contributed by atoms with van der Waals surface area (Å²) in [4.78, 5) is 24.7. The van der Waals surface area contributed by atoms with Gasteiger partial charge in [-0.05, 0) is 88.8 Å². The average molecular weight is 510 g/mol. The van der Waals surface area contributed by atoms with Crippen molar-refractivity contribution in [3.05, 3.63) is 72.8 Å². The highest BCUT2D eigenvalue weighted by molar-refractivity contribution is 7.89. The smallest absolute Gasteiger partial charge is 0.244 e. The molecule has 2 atom stereocenters. The number of piperidine rings is 1. The van der Waals surface area contributed by atoms with E-state index in [1.807, 2.05) is 58.0 Å². The van der Waals surface area contributed by atoms with Gasteiger partial charge in [-0.1, -0.05) is 36.9 Å². The molecule has 1 heterocycles. The Morgan fingerprint density at radius 3 is 2.11 bits per heavy atom. The molecule has 2 aromatic carbocycles. The van der Waals surface area contributed by atoms with Crippen molar-refractivity contribution in [3.8, 4) is 0 Å². The number of nitrogens with zero attached hydrogens (tertiary/aromatic N) is 1. The van der Waals surface area contributed by atoms with Gasteiger partial charge in [0.1, 0.15) is 0 Å². The van der Waals surface area contributed by atoms with E-state index in [0.29, 0.717) is 18.5 Å². The van der Waals surface area contributed by atoms with Crippen LogP contribution in [-0.2, 0) is 19.6 Å². The van der Waals surface area contributed by atoms with E-state index in [0.717, 1.165) is 12.0 Å². The number of hydrogen-bond donors (Lipinski definition) is 2. The minimum absolute atomic E-state index is 0.0506. The van der Waals surface area contributed by atoms with E-state index in [4.69, 9.17) is 0 Å². The summed E-state index contributed by atoms with van der Waals surface area (Å²) in [5, 5.41) is 5.85. The van der Waals surface area contributed by atoms with Crippen molar-refractivity contribution < 1.29 is 18.0 Å². The second-order valence-electron chi connectivity index (χ2n) is 11.1. The van der Waals surface area contributed by atoms with Crippen molar-refractivity contribution >= 4 is 27.5 Å². The first-order valence-electron chi connectivity index (χ1n) is 12.3. The van der Waals surface area contributed by atoms with Crippen molar-refractivity contribution in [2.75, 3.05) is 5.32 Å². The van der Waals surface area contributed by atoms with Gasteiger partial charge >= 0.3 is 0 Å². The molecular formula is C28H35N3O4S. The van der Waals surface area contributed by atoms with Crippen LogP contribution in [0.15, 0.2) is 72.1 Å². The zero-order valence-electron chi connectivity index (χ0n) is 21.3. The van der Waals surface area contributed by atoms with Crippen LogP contribution in [0.4, 0.5) is 5.69 Å². The predicted molar refractivity (Wildman–Crippen MR) is 141 cm³/mol. The van der Waals surface area contributed by atoms with Crippen LogP contribution in [0.25, 0.3) is 0 Å². The molecule has 192 valence electrons. The first-order chi connectivity index (χ1) is 16.8. The second-order valence-corrected chi connectivity index (χ2v) is 12.9. The Balaban J connectivity index is 1.47. The van der Waals surface area contributed by atoms with Crippen molar-refractivity contribution in [2.24, 2.45) is 5.92 Å². The van der Waals surface area contributed by atoms with Crippen LogP contribution in [-0.4, -0.2) is 41.7 Å². The van der Waals surface area contributed by atoms with Crippen LogP contribution in [0.5, 0.6) is 0 Å². The molecule has 2 aliphatic rings. The lowest BCUT2D eigenvalue weighted by Gasteiger charge is -2.53. The molecule has 4 rings (SSSR count). The van der Waals surface area contributed by atoms with Crippen LogP contribution in [0.2, 0.25) is 0 Å². The fraction of sp³-hybridized carbons (Fsp3) is 0.429. The molecule has 2 aromatic rings. The highest BCUT2D eigenvalue weighted by Crippen LogP contribution is 2.48. The first kappa shape index (κ1) is 26.1. The molecule has 0 radical (unpaired) electrons. The zero-order valence-corrected chi connectivity index (χ0v) is 22.1. The number of amides is 2. The minimum atomic E-state index is -3.84. The largest absolute Gasteiger partial charge is 0.350 e. The normalized spacial score (nSPS) is 23.4. The van der Waals surface area contributed by atoms with Gasteiger partial charge in [0.05, 0.1) is 4.90 Å². The molecule has 36 heavy (non-hydrogen) atoms. The van der Waals surface area contributed by atoms with Crippen LogP contribution < -0.4 is 10.6 Å². The van der Waals surface area contributed by atoms with Gasteiger partial charge in [0.25, 0.3) is 0 Å². The number of benzene rings is 2. The molecule has 1 saturated carbocycles. The molecule has 1 aliphatic heterocycles. The average Bonchev–Trinajstić information content (AvgIpc) is 3.59. The third-order valence-electron chi connectivity index (χ3n) is 7.14. The number of sulfonamides is 1. The molecule has 2 fully saturated rings. The van der Waals surface area contributed by atoms with Crippen molar-refractivity contribution in [1.29, 1.82) is 0 Å². The van der Waals surface area contributed by atoms with E-state index in [9.17, 15) is 18.0 Å². The maximum absolute atomic E-state index is 13.8. The molecule has 2 unspecified atom stereocenters. The molecule has 2 amide bonds. The zero-order chi connectivity index (χ0) is 26.3.